The molecule has 0 spiro atoms. The first-order chi connectivity index (χ1) is 12.2. The van der Waals surface area contributed by atoms with Gasteiger partial charge in [-0.3, -0.25) is 4.79 Å². The van der Waals surface area contributed by atoms with Gasteiger partial charge in [0, 0.05) is 11.8 Å². The van der Waals surface area contributed by atoms with Crippen molar-refractivity contribution in [3.63, 3.8) is 0 Å². The van der Waals surface area contributed by atoms with E-state index in [-0.39, 0.29) is 24.7 Å². The van der Waals surface area contributed by atoms with Gasteiger partial charge in [0.2, 0.25) is 5.91 Å². The van der Waals surface area contributed by atoms with Crippen molar-refractivity contribution in [2.45, 2.75) is 26.4 Å². The van der Waals surface area contributed by atoms with Gasteiger partial charge in [0.1, 0.15) is 11.5 Å². The zero-order valence-corrected chi connectivity index (χ0v) is 14.5. The SMILES string of the molecule is Cc1ccc(OCCC(=O)Nc2cccc(OCC(F)(F)F)c2)cc1C. The monoisotopic (exact) mass is 367 g/mol. The van der Waals surface area contributed by atoms with Gasteiger partial charge in [-0.05, 0) is 49.2 Å². The van der Waals surface area contributed by atoms with Crippen LogP contribution < -0.4 is 14.8 Å². The lowest BCUT2D eigenvalue weighted by Crippen LogP contribution is -2.19. The minimum Gasteiger partial charge on any atom is -0.493 e. The van der Waals surface area contributed by atoms with Crippen LogP contribution in [0.3, 0.4) is 0 Å². The van der Waals surface area contributed by atoms with Crippen LogP contribution in [-0.4, -0.2) is 25.3 Å². The third-order valence-corrected chi connectivity index (χ3v) is 3.60. The van der Waals surface area contributed by atoms with Crippen LogP contribution >= 0.6 is 0 Å². The van der Waals surface area contributed by atoms with Crippen molar-refractivity contribution in [1.29, 1.82) is 0 Å². The molecule has 0 unspecified atom stereocenters. The first-order valence-electron chi connectivity index (χ1n) is 8.02. The van der Waals surface area contributed by atoms with E-state index >= 15 is 0 Å². The van der Waals surface area contributed by atoms with Gasteiger partial charge in [-0.1, -0.05) is 12.1 Å². The minimum absolute atomic E-state index is 0.0338. The molecular formula is C19H20F3NO3. The number of hydrogen-bond donors (Lipinski definition) is 1. The predicted molar refractivity (Wildman–Crippen MR) is 92.6 cm³/mol. The molecule has 1 N–H and O–H groups in total. The maximum atomic E-state index is 12.2. The van der Waals surface area contributed by atoms with Crippen molar-refractivity contribution < 1.29 is 27.4 Å². The lowest BCUT2D eigenvalue weighted by Gasteiger charge is -2.11. The van der Waals surface area contributed by atoms with Crippen molar-refractivity contribution in [3.05, 3.63) is 53.6 Å². The molecule has 0 heterocycles. The predicted octanol–water partition coefficient (Wildman–Crippen LogP) is 4.65. The number of hydrogen-bond acceptors (Lipinski definition) is 3. The Labute approximate surface area is 149 Å². The third kappa shape index (κ3) is 6.66. The van der Waals surface area contributed by atoms with Crippen LogP contribution in [-0.2, 0) is 4.79 Å². The van der Waals surface area contributed by atoms with Gasteiger partial charge >= 0.3 is 6.18 Å². The van der Waals surface area contributed by atoms with E-state index in [1.165, 1.54) is 18.2 Å². The summed E-state index contributed by atoms with van der Waals surface area (Å²) in [6.45, 7) is 2.79. The summed E-state index contributed by atoms with van der Waals surface area (Å²) in [5, 5.41) is 2.61. The lowest BCUT2D eigenvalue weighted by atomic mass is 10.1. The van der Waals surface area contributed by atoms with Crippen LogP contribution in [0.4, 0.5) is 18.9 Å². The molecule has 140 valence electrons. The quantitative estimate of drug-likeness (QED) is 0.775. The second-order valence-electron chi connectivity index (χ2n) is 5.82. The van der Waals surface area contributed by atoms with Gasteiger partial charge < -0.3 is 14.8 Å². The average Bonchev–Trinajstić information content (AvgIpc) is 2.56. The average molecular weight is 367 g/mol. The Kier molecular flexibility index (Phi) is 6.49. The van der Waals surface area contributed by atoms with E-state index in [2.05, 4.69) is 10.1 Å². The molecule has 0 saturated heterocycles. The Morgan fingerprint density at radius 1 is 1.00 bits per heavy atom. The number of carbonyl (C=O) groups excluding carboxylic acids is 1. The van der Waals surface area contributed by atoms with Crippen molar-refractivity contribution in [1.82, 2.24) is 0 Å². The second kappa shape index (κ2) is 8.60. The summed E-state index contributed by atoms with van der Waals surface area (Å²) in [4.78, 5) is 11.9. The van der Waals surface area contributed by atoms with Crippen LogP contribution in [0.15, 0.2) is 42.5 Å². The van der Waals surface area contributed by atoms with Crippen LogP contribution in [0, 0.1) is 13.8 Å². The van der Waals surface area contributed by atoms with Crippen molar-refractivity contribution in [2.75, 3.05) is 18.5 Å². The fourth-order valence-electron chi connectivity index (χ4n) is 2.12. The number of amides is 1. The zero-order valence-electron chi connectivity index (χ0n) is 14.5. The summed E-state index contributed by atoms with van der Waals surface area (Å²) in [6.07, 6.45) is -4.30. The highest BCUT2D eigenvalue weighted by atomic mass is 19.4. The first-order valence-corrected chi connectivity index (χ1v) is 8.02. The normalized spacial score (nSPS) is 11.1. The number of carbonyl (C=O) groups is 1. The Morgan fingerprint density at radius 3 is 2.42 bits per heavy atom. The van der Waals surface area contributed by atoms with E-state index < -0.39 is 12.8 Å². The topological polar surface area (TPSA) is 47.6 Å². The van der Waals surface area contributed by atoms with E-state index in [0.717, 1.165) is 11.1 Å². The number of rotatable bonds is 7. The molecular weight excluding hydrogens is 347 g/mol. The van der Waals surface area contributed by atoms with Gasteiger partial charge in [0.15, 0.2) is 6.61 Å². The fraction of sp³-hybridized carbons (Fsp3) is 0.316. The molecule has 2 rings (SSSR count). The third-order valence-electron chi connectivity index (χ3n) is 3.60. The lowest BCUT2D eigenvalue weighted by molar-refractivity contribution is -0.153. The van der Waals surface area contributed by atoms with Gasteiger partial charge in [-0.25, -0.2) is 0 Å². The summed E-state index contributed by atoms with van der Waals surface area (Å²) in [5.74, 6) is 0.414. The standard InChI is InChI=1S/C19H20F3NO3/c1-13-6-7-17(10-14(13)2)25-9-8-18(24)23-15-4-3-5-16(11-15)26-12-19(20,21)22/h3-7,10-11H,8-9,12H2,1-2H3,(H,23,24). The van der Waals surface area contributed by atoms with Crippen LogP contribution in [0.1, 0.15) is 17.5 Å². The molecule has 0 aromatic heterocycles. The number of aryl methyl sites for hydroxylation is 2. The van der Waals surface area contributed by atoms with Crippen LogP contribution in [0.2, 0.25) is 0 Å². The van der Waals surface area contributed by atoms with E-state index in [9.17, 15) is 18.0 Å². The Hall–Kier alpha value is -2.70. The van der Waals surface area contributed by atoms with Gasteiger partial charge in [-0.2, -0.15) is 13.2 Å². The molecule has 2 aromatic carbocycles. The minimum atomic E-state index is -4.41. The van der Waals surface area contributed by atoms with Crippen molar-refractivity contribution in [3.8, 4) is 11.5 Å². The molecule has 2 aromatic rings. The van der Waals surface area contributed by atoms with Gasteiger partial charge in [-0.15, -0.1) is 0 Å². The highest BCUT2D eigenvalue weighted by Crippen LogP contribution is 2.21. The van der Waals surface area contributed by atoms with E-state index in [4.69, 9.17) is 4.74 Å². The molecule has 0 radical (unpaired) electrons. The first kappa shape index (κ1) is 19.6. The zero-order chi connectivity index (χ0) is 19.2. The van der Waals surface area contributed by atoms with Crippen LogP contribution in [0.25, 0.3) is 0 Å². The highest BCUT2D eigenvalue weighted by Gasteiger charge is 2.28. The van der Waals surface area contributed by atoms with Crippen molar-refractivity contribution >= 4 is 11.6 Å². The number of alkyl halides is 3. The second-order valence-corrected chi connectivity index (χ2v) is 5.82. The number of ether oxygens (including phenoxy) is 2. The number of nitrogens with one attached hydrogen (secondary N) is 1. The molecule has 26 heavy (non-hydrogen) atoms. The van der Waals surface area contributed by atoms with E-state index in [1.54, 1.807) is 6.07 Å². The van der Waals surface area contributed by atoms with E-state index in [1.807, 2.05) is 32.0 Å². The summed E-state index contributed by atoms with van der Waals surface area (Å²) in [6, 6.07) is 11.5. The maximum Gasteiger partial charge on any atom is 0.422 e. The maximum absolute atomic E-state index is 12.2. The molecule has 0 aliphatic rings. The number of anilines is 1. The highest BCUT2D eigenvalue weighted by molar-refractivity contribution is 5.90. The number of benzene rings is 2. The van der Waals surface area contributed by atoms with Crippen LogP contribution in [0.5, 0.6) is 11.5 Å². The molecule has 7 heteroatoms. The molecule has 0 bridgehead atoms. The smallest absolute Gasteiger partial charge is 0.422 e. The Morgan fingerprint density at radius 2 is 1.73 bits per heavy atom. The molecule has 0 fully saturated rings. The fourth-order valence-corrected chi connectivity index (χ4v) is 2.12. The summed E-state index contributed by atoms with van der Waals surface area (Å²) >= 11 is 0. The summed E-state index contributed by atoms with van der Waals surface area (Å²) in [5.41, 5.74) is 2.62. The molecule has 1 amide bonds. The molecule has 0 aliphatic heterocycles. The molecule has 0 saturated carbocycles. The molecule has 4 nitrogen and oxygen atoms in total. The van der Waals surface area contributed by atoms with Gasteiger partial charge in [0.05, 0.1) is 13.0 Å². The molecule has 0 atom stereocenters. The van der Waals surface area contributed by atoms with Crippen molar-refractivity contribution in [2.24, 2.45) is 0 Å². The molecule has 0 aliphatic carbocycles. The summed E-state index contributed by atoms with van der Waals surface area (Å²) < 4.78 is 46.7. The van der Waals surface area contributed by atoms with E-state index in [0.29, 0.717) is 11.4 Å². The largest absolute Gasteiger partial charge is 0.493 e. The summed E-state index contributed by atoms with van der Waals surface area (Å²) in [7, 11) is 0. The Balaban J connectivity index is 1.81. The number of halogens is 3. The Bertz CT molecular complexity index is 760. The van der Waals surface area contributed by atoms with Gasteiger partial charge in [0.25, 0.3) is 0 Å².